The largest absolute Gasteiger partial charge is 0.494 e. The zero-order chi connectivity index (χ0) is 10.7. The predicted octanol–water partition coefficient (Wildman–Crippen LogP) is 1.62. The first kappa shape index (κ1) is 10.5. The molecule has 0 bridgehead atoms. The Kier molecular flexibility index (Phi) is 3.09. The first-order valence-corrected chi connectivity index (χ1v) is 4.06. The number of carbonyl (C=O) groups excluding carboxylic acids is 1. The van der Waals surface area contributed by atoms with Crippen LogP contribution >= 0.6 is 11.6 Å². The predicted molar refractivity (Wildman–Crippen MR) is 50.0 cm³/mol. The summed E-state index contributed by atoms with van der Waals surface area (Å²) in [6.07, 6.45) is 0. The molecule has 0 radical (unpaired) electrons. The Labute approximate surface area is 85.1 Å². The smallest absolute Gasteiger partial charge is 0.377 e. The number of aliphatic carboxylic acids is 1. The number of carboxylic acids is 1. The summed E-state index contributed by atoms with van der Waals surface area (Å²) < 4.78 is 4.83. The van der Waals surface area contributed by atoms with Crippen molar-refractivity contribution in [3.8, 4) is 5.75 Å². The minimum Gasteiger partial charge on any atom is -0.494 e. The summed E-state index contributed by atoms with van der Waals surface area (Å²) in [7, 11) is 1.32. The van der Waals surface area contributed by atoms with Gasteiger partial charge in [-0.15, -0.1) is 0 Å². The number of ketones is 1. The third-order valence-electron chi connectivity index (χ3n) is 1.61. The topological polar surface area (TPSA) is 63.6 Å². The van der Waals surface area contributed by atoms with Crippen LogP contribution in [-0.4, -0.2) is 24.0 Å². The normalized spacial score (nSPS) is 9.57. The van der Waals surface area contributed by atoms with Crippen LogP contribution in [0.25, 0.3) is 0 Å². The molecule has 1 N–H and O–H groups in total. The standard InChI is InChI=1S/C9H7ClO4/c1-14-8-5(7(11)9(12)13)3-2-4-6(8)10/h2-4H,1H3,(H,12,13). The highest BCUT2D eigenvalue weighted by atomic mass is 35.5. The monoisotopic (exact) mass is 214 g/mol. The molecule has 0 saturated carbocycles. The number of hydrogen-bond donors (Lipinski definition) is 1. The van der Waals surface area contributed by atoms with E-state index in [0.717, 1.165) is 0 Å². The Balaban J connectivity index is 3.27. The number of Topliss-reactive ketones (excluding diaryl/α,β-unsaturated/α-hetero) is 1. The van der Waals surface area contributed by atoms with Gasteiger partial charge >= 0.3 is 5.97 Å². The van der Waals surface area contributed by atoms with Gasteiger partial charge in [-0.25, -0.2) is 4.79 Å². The van der Waals surface area contributed by atoms with Gasteiger partial charge in [0.15, 0.2) is 0 Å². The molecule has 1 aromatic rings. The van der Waals surface area contributed by atoms with E-state index >= 15 is 0 Å². The van der Waals surface area contributed by atoms with Crippen LogP contribution in [-0.2, 0) is 4.79 Å². The van der Waals surface area contributed by atoms with Gasteiger partial charge in [0.25, 0.3) is 5.78 Å². The van der Waals surface area contributed by atoms with Crippen molar-refractivity contribution in [3.05, 3.63) is 28.8 Å². The van der Waals surface area contributed by atoms with Gasteiger partial charge in [0.2, 0.25) is 0 Å². The molecule has 0 saturated heterocycles. The molecule has 0 heterocycles. The van der Waals surface area contributed by atoms with E-state index in [-0.39, 0.29) is 16.3 Å². The van der Waals surface area contributed by atoms with Crippen LogP contribution in [0, 0.1) is 0 Å². The number of halogens is 1. The van der Waals surface area contributed by atoms with E-state index in [0.29, 0.717) is 0 Å². The fourth-order valence-electron chi connectivity index (χ4n) is 1.01. The average Bonchev–Trinajstić information content (AvgIpc) is 2.16. The van der Waals surface area contributed by atoms with Gasteiger partial charge in [-0.1, -0.05) is 17.7 Å². The zero-order valence-electron chi connectivity index (χ0n) is 7.28. The summed E-state index contributed by atoms with van der Waals surface area (Å²) in [6, 6.07) is 4.35. The number of hydrogen-bond acceptors (Lipinski definition) is 3. The molecule has 0 aromatic heterocycles. The summed E-state index contributed by atoms with van der Waals surface area (Å²) in [5.74, 6) is -2.49. The van der Waals surface area contributed by atoms with E-state index in [1.54, 1.807) is 0 Å². The molecule has 74 valence electrons. The van der Waals surface area contributed by atoms with Crippen molar-refractivity contribution >= 4 is 23.4 Å². The summed E-state index contributed by atoms with van der Waals surface area (Å²) in [4.78, 5) is 21.6. The minimum absolute atomic E-state index is 0.0486. The molecule has 0 aliphatic heterocycles. The molecule has 0 unspecified atom stereocenters. The lowest BCUT2D eigenvalue weighted by molar-refractivity contribution is -0.131. The van der Waals surface area contributed by atoms with Crippen LogP contribution < -0.4 is 4.74 Å². The van der Waals surface area contributed by atoms with E-state index in [2.05, 4.69) is 0 Å². The highest BCUT2D eigenvalue weighted by molar-refractivity contribution is 6.42. The van der Waals surface area contributed by atoms with Crippen LogP contribution in [0.3, 0.4) is 0 Å². The molecule has 0 spiro atoms. The van der Waals surface area contributed by atoms with Crippen molar-refractivity contribution in [2.75, 3.05) is 7.11 Å². The lowest BCUT2D eigenvalue weighted by Crippen LogP contribution is -2.13. The Morgan fingerprint density at radius 1 is 1.43 bits per heavy atom. The first-order valence-electron chi connectivity index (χ1n) is 3.68. The third kappa shape index (κ3) is 1.85. The lowest BCUT2D eigenvalue weighted by Gasteiger charge is -2.06. The van der Waals surface area contributed by atoms with E-state index in [9.17, 15) is 9.59 Å². The SMILES string of the molecule is COc1c(Cl)cccc1C(=O)C(=O)O. The van der Waals surface area contributed by atoms with Crippen LogP contribution in [0.2, 0.25) is 5.02 Å². The number of carbonyl (C=O) groups is 2. The highest BCUT2D eigenvalue weighted by Gasteiger charge is 2.20. The van der Waals surface area contributed by atoms with Crippen molar-refractivity contribution in [2.45, 2.75) is 0 Å². The van der Waals surface area contributed by atoms with Gasteiger partial charge in [-0.05, 0) is 12.1 Å². The molecular formula is C9H7ClO4. The molecule has 0 aliphatic carbocycles. The van der Waals surface area contributed by atoms with E-state index in [4.69, 9.17) is 21.4 Å². The van der Waals surface area contributed by atoms with Crippen molar-refractivity contribution in [3.63, 3.8) is 0 Å². The molecule has 1 rings (SSSR count). The average molecular weight is 215 g/mol. The van der Waals surface area contributed by atoms with E-state index in [1.807, 2.05) is 0 Å². The third-order valence-corrected chi connectivity index (χ3v) is 1.91. The van der Waals surface area contributed by atoms with Crippen molar-refractivity contribution < 1.29 is 19.4 Å². The zero-order valence-corrected chi connectivity index (χ0v) is 8.04. The van der Waals surface area contributed by atoms with Gasteiger partial charge in [0.05, 0.1) is 17.7 Å². The quantitative estimate of drug-likeness (QED) is 0.613. The van der Waals surface area contributed by atoms with Gasteiger partial charge < -0.3 is 9.84 Å². The number of carboxylic acid groups (broad SMARTS) is 1. The van der Waals surface area contributed by atoms with Crippen LogP contribution in [0.5, 0.6) is 5.75 Å². The van der Waals surface area contributed by atoms with Crippen molar-refractivity contribution in [2.24, 2.45) is 0 Å². The van der Waals surface area contributed by atoms with Gasteiger partial charge in [0, 0.05) is 0 Å². The Bertz CT molecular complexity index is 386. The van der Waals surface area contributed by atoms with Crippen LogP contribution in [0.15, 0.2) is 18.2 Å². The number of methoxy groups -OCH3 is 1. The highest BCUT2D eigenvalue weighted by Crippen LogP contribution is 2.28. The molecule has 5 heteroatoms. The first-order chi connectivity index (χ1) is 6.57. The molecule has 0 fully saturated rings. The second-order valence-corrected chi connectivity index (χ2v) is 2.86. The number of ether oxygens (including phenoxy) is 1. The van der Waals surface area contributed by atoms with E-state index in [1.165, 1.54) is 25.3 Å². The molecule has 0 atom stereocenters. The molecular weight excluding hydrogens is 208 g/mol. The van der Waals surface area contributed by atoms with Crippen molar-refractivity contribution in [1.82, 2.24) is 0 Å². The number of rotatable bonds is 3. The maximum Gasteiger partial charge on any atom is 0.377 e. The van der Waals surface area contributed by atoms with Crippen molar-refractivity contribution in [1.29, 1.82) is 0 Å². The van der Waals surface area contributed by atoms with Gasteiger partial charge in [-0.3, -0.25) is 4.79 Å². The molecule has 14 heavy (non-hydrogen) atoms. The lowest BCUT2D eigenvalue weighted by atomic mass is 10.1. The number of benzene rings is 1. The molecule has 0 aliphatic rings. The fraction of sp³-hybridized carbons (Fsp3) is 0.111. The second-order valence-electron chi connectivity index (χ2n) is 2.45. The summed E-state index contributed by atoms with van der Waals surface area (Å²) in [6.45, 7) is 0. The summed E-state index contributed by atoms with van der Waals surface area (Å²) in [5.41, 5.74) is -0.0486. The molecule has 1 aromatic carbocycles. The van der Waals surface area contributed by atoms with Crippen LogP contribution in [0.1, 0.15) is 10.4 Å². The number of para-hydroxylation sites is 1. The molecule has 4 nitrogen and oxygen atoms in total. The van der Waals surface area contributed by atoms with Gasteiger partial charge in [-0.2, -0.15) is 0 Å². The fourth-order valence-corrected chi connectivity index (χ4v) is 1.26. The van der Waals surface area contributed by atoms with E-state index < -0.39 is 11.8 Å². The molecule has 0 amide bonds. The van der Waals surface area contributed by atoms with Crippen LogP contribution in [0.4, 0.5) is 0 Å². The van der Waals surface area contributed by atoms with Gasteiger partial charge in [0.1, 0.15) is 5.75 Å². The maximum atomic E-state index is 11.1. The summed E-state index contributed by atoms with van der Waals surface area (Å²) >= 11 is 5.71. The Morgan fingerprint density at radius 2 is 2.07 bits per heavy atom. The second kappa shape index (κ2) is 4.11. The summed E-state index contributed by atoms with van der Waals surface area (Å²) in [5, 5.41) is 8.71. The minimum atomic E-state index is -1.54. The Morgan fingerprint density at radius 3 is 2.57 bits per heavy atom. The maximum absolute atomic E-state index is 11.1. The Hall–Kier alpha value is -1.55.